The molecule has 4 nitrogen and oxygen atoms in total. The van der Waals surface area contributed by atoms with Crippen LogP contribution in [0, 0.1) is 13.8 Å². The summed E-state index contributed by atoms with van der Waals surface area (Å²) in [5.41, 5.74) is 3.42. The third kappa shape index (κ3) is 3.15. The van der Waals surface area contributed by atoms with Crippen molar-refractivity contribution in [3.8, 4) is 5.75 Å². The van der Waals surface area contributed by atoms with Crippen LogP contribution in [0.2, 0.25) is 0 Å². The molecular weight excluding hydrogens is 300 g/mol. The first kappa shape index (κ1) is 16.5. The fourth-order valence-corrected chi connectivity index (χ4v) is 3.21. The van der Waals surface area contributed by atoms with Crippen LogP contribution in [0.5, 0.6) is 5.75 Å². The topological polar surface area (TPSA) is 38.3 Å². The average molecular weight is 325 g/mol. The number of imidazole rings is 1. The van der Waals surface area contributed by atoms with Crippen LogP contribution in [-0.2, 0) is 13.1 Å². The predicted molar refractivity (Wildman–Crippen MR) is 95.2 cm³/mol. The molecule has 1 atom stereocenters. The van der Waals surface area contributed by atoms with E-state index < -0.39 is 6.10 Å². The first-order valence-corrected chi connectivity index (χ1v) is 8.46. The third-order valence-electron chi connectivity index (χ3n) is 4.48. The van der Waals surface area contributed by atoms with E-state index in [4.69, 9.17) is 4.74 Å². The largest absolute Gasteiger partial charge is 0.490 e. The van der Waals surface area contributed by atoms with Crippen molar-refractivity contribution in [1.29, 1.82) is 0 Å². The quantitative estimate of drug-likeness (QED) is 0.708. The molecule has 0 aliphatic carbocycles. The van der Waals surface area contributed by atoms with Crippen LogP contribution in [-0.4, -0.2) is 22.4 Å². The van der Waals surface area contributed by atoms with Crippen LogP contribution in [0.15, 0.2) is 48.5 Å². The molecule has 1 aromatic heterocycles. The van der Waals surface area contributed by atoms with Gasteiger partial charge in [0, 0.05) is 6.92 Å². The maximum atomic E-state index is 10.5. The predicted octanol–water partition coefficient (Wildman–Crippen LogP) is 3.01. The number of nitrogens with zero attached hydrogens (tertiary/aromatic N) is 2. The molecule has 24 heavy (non-hydrogen) atoms. The number of aliphatic hydroxyl groups excluding tert-OH is 1. The van der Waals surface area contributed by atoms with E-state index in [9.17, 15) is 5.11 Å². The zero-order valence-corrected chi connectivity index (χ0v) is 14.6. The summed E-state index contributed by atoms with van der Waals surface area (Å²) in [4.78, 5) is 0. The molecule has 0 radical (unpaired) electrons. The number of rotatable bonds is 6. The Morgan fingerprint density at radius 3 is 2.54 bits per heavy atom. The molecule has 0 spiro atoms. The van der Waals surface area contributed by atoms with Crippen molar-refractivity contribution in [2.24, 2.45) is 0 Å². The molecule has 0 amide bonds. The van der Waals surface area contributed by atoms with Crippen LogP contribution < -0.4 is 9.30 Å². The molecule has 0 saturated heterocycles. The van der Waals surface area contributed by atoms with Crippen molar-refractivity contribution in [2.45, 2.75) is 40.0 Å². The number of aliphatic hydroxyl groups is 1. The molecule has 3 rings (SSSR count). The Bertz CT molecular complexity index is 839. The highest BCUT2D eigenvalue weighted by atomic mass is 16.5. The van der Waals surface area contributed by atoms with Gasteiger partial charge >= 0.3 is 0 Å². The van der Waals surface area contributed by atoms with Crippen LogP contribution in [0.25, 0.3) is 11.0 Å². The van der Waals surface area contributed by atoms with Crippen molar-refractivity contribution in [3.05, 3.63) is 59.9 Å². The lowest BCUT2D eigenvalue weighted by Gasteiger charge is -2.13. The Morgan fingerprint density at radius 2 is 1.79 bits per heavy atom. The van der Waals surface area contributed by atoms with Gasteiger partial charge in [0.15, 0.2) is 11.0 Å². The maximum absolute atomic E-state index is 10.5. The number of fused-ring (bicyclic) bond motifs is 1. The van der Waals surface area contributed by atoms with E-state index >= 15 is 0 Å². The highest BCUT2D eigenvalue weighted by Crippen LogP contribution is 2.17. The SMILES string of the molecule is CCn1c(C)[n+](CC(O)COc2ccccc2C)c2ccccc21. The van der Waals surface area contributed by atoms with Gasteiger partial charge in [-0.15, -0.1) is 0 Å². The van der Waals surface area contributed by atoms with Gasteiger partial charge in [-0.2, -0.15) is 0 Å². The Balaban J connectivity index is 1.77. The number of aromatic nitrogens is 2. The molecule has 2 aromatic carbocycles. The van der Waals surface area contributed by atoms with Crippen molar-refractivity contribution >= 4 is 11.0 Å². The third-order valence-corrected chi connectivity index (χ3v) is 4.48. The molecule has 0 aliphatic rings. The second-order valence-electron chi connectivity index (χ2n) is 6.12. The van der Waals surface area contributed by atoms with Gasteiger partial charge in [-0.25, -0.2) is 9.13 Å². The van der Waals surface area contributed by atoms with Crippen LogP contribution in [0.3, 0.4) is 0 Å². The first-order chi connectivity index (χ1) is 11.6. The number of benzene rings is 2. The number of hydrogen-bond donors (Lipinski definition) is 1. The normalized spacial score (nSPS) is 12.5. The first-order valence-electron chi connectivity index (χ1n) is 8.46. The summed E-state index contributed by atoms with van der Waals surface area (Å²) in [6.45, 7) is 7.96. The maximum Gasteiger partial charge on any atom is 0.254 e. The van der Waals surface area contributed by atoms with Gasteiger partial charge in [0.25, 0.3) is 5.82 Å². The van der Waals surface area contributed by atoms with Gasteiger partial charge < -0.3 is 9.84 Å². The van der Waals surface area contributed by atoms with E-state index in [1.54, 1.807) is 0 Å². The fourth-order valence-electron chi connectivity index (χ4n) is 3.21. The number of hydrogen-bond acceptors (Lipinski definition) is 2. The van der Waals surface area contributed by atoms with E-state index in [2.05, 4.69) is 41.2 Å². The molecule has 3 aromatic rings. The average Bonchev–Trinajstić information content (AvgIpc) is 2.86. The van der Waals surface area contributed by atoms with Crippen molar-refractivity contribution in [2.75, 3.05) is 6.61 Å². The molecule has 4 heteroatoms. The van der Waals surface area contributed by atoms with Gasteiger partial charge in [-0.3, -0.25) is 0 Å². The molecule has 1 heterocycles. The monoisotopic (exact) mass is 325 g/mol. The van der Waals surface area contributed by atoms with Crippen molar-refractivity contribution < 1.29 is 14.4 Å². The minimum Gasteiger partial charge on any atom is -0.490 e. The minimum absolute atomic E-state index is 0.281. The smallest absolute Gasteiger partial charge is 0.254 e. The highest BCUT2D eigenvalue weighted by molar-refractivity contribution is 5.72. The Kier molecular flexibility index (Phi) is 4.86. The standard InChI is InChI=1S/C20H25N2O2/c1-4-21-16(3)22(19-11-7-6-10-18(19)21)13-17(23)14-24-20-12-8-5-9-15(20)2/h5-12,17,23H,4,13-14H2,1-3H3/q+1. The summed E-state index contributed by atoms with van der Waals surface area (Å²) >= 11 is 0. The molecule has 126 valence electrons. The minimum atomic E-state index is -0.565. The van der Waals surface area contributed by atoms with Crippen molar-refractivity contribution in [3.63, 3.8) is 0 Å². The van der Waals surface area contributed by atoms with Gasteiger partial charge in [-0.1, -0.05) is 30.3 Å². The summed E-state index contributed by atoms with van der Waals surface area (Å²) in [6.07, 6.45) is -0.565. The Labute approximate surface area is 142 Å². The molecule has 1 unspecified atom stereocenters. The highest BCUT2D eigenvalue weighted by Gasteiger charge is 2.22. The van der Waals surface area contributed by atoms with Gasteiger partial charge in [0.2, 0.25) is 0 Å². The lowest BCUT2D eigenvalue weighted by Crippen LogP contribution is -2.44. The Morgan fingerprint density at radius 1 is 1.08 bits per heavy atom. The molecule has 0 bridgehead atoms. The van der Waals surface area contributed by atoms with E-state index in [-0.39, 0.29) is 6.61 Å². The van der Waals surface area contributed by atoms with Crippen LogP contribution in [0.1, 0.15) is 18.3 Å². The lowest BCUT2D eigenvalue weighted by atomic mass is 10.2. The molecule has 0 fully saturated rings. The second kappa shape index (κ2) is 7.05. The van der Waals surface area contributed by atoms with E-state index in [1.165, 1.54) is 5.52 Å². The van der Waals surface area contributed by atoms with Gasteiger partial charge in [0.1, 0.15) is 25.0 Å². The Hall–Kier alpha value is -2.33. The molecule has 0 saturated carbocycles. The second-order valence-corrected chi connectivity index (χ2v) is 6.12. The van der Waals surface area contributed by atoms with Crippen LogP contribution in [0.4, 0.5) is 0 Å². The fraction of sp³-hybridized carbons (Fsp3) is 0.350. The van der Waals surface area contributed by atoms with E-state index in [0.717, 1.165) is 29.2 Å². The summed E-state index contributed by atoms with van der Waals surface area (Å²) in [7, 11) is 0. The molecule has 0 aliphatic heterocycles. The summed E-state index contributed by atoms with van der Waals surface area (Å²) in [6, 6.07) is 16.2. The summed E-state index contributed by atoms with van der Waals surface area (Å²) < 4.78 is 10.2. The van der Waals surface area contributed by atoms with Crippen molar-refractivity contribution in [1.82, 2.24) is 4.57 Å². The lowest BCUT2D eigenvalue weighted by molar-refractivity contribution is -0.685. The van der Waals surface area contributed by atoms with E-state index in [1.807, 2.05) is 37.3 Å². The zero-order chi connectivity index (χ0) is 17.1. The van der Waals surface area contributed by atoms with Gasteiger partial charge in [-0.05, 0) is 37.6 Å². The number of aryl methyl sites for hydroxylation is 2. The van der Waals surface area contributed by atoms with E-state index in [0.29, 0.717) is 6.54 Å². The van der Waals surface area contributed by atoms with Crippen LogP contribution >= 0.6 is 0 Å². The molecular formula is C20H25N2O2+. The zero-order valence-electron chi connectivity index (χ0n) is 14.6. The summed E-state index contributed by atoms with van der Waals surface area (Å²) in [5, 5.41) is 10.5. The number of para-hydroxylation sites is 3. The summed E-state index contributed by atoms with van der Waals surface area (Å²) in [5.74, 6) is 1.97. The van der Waals surface area contributed by atoms with Gasteiger partial charge in [0.05, 0.1) is 6.54 Å². The number of ether oxygens (including phenoxy) is 1. The molecule has 1 N–H and O–H groups in total.